The van der Waals surface area contributed by atoms with Crippen molar-refractivity contribution in [3.63, 3.8) is 0 Å². The molecular formula is C22H23N5O6. The Hall–Kier alpha value is -4.28. The predicted molar refractivity (Wildman–Crippen MR) is 119 cm³/mol. The van der Waals surface area contributed by atoms with Crippen LogP contribution in [-0.4, -0.2) is 56.1 Å². The van der Waals surface area contributed by atoms with Gasteiger partial charge in [-0.25, -0.2) is 14.8 Å². The summed E-state index contributed by atoms with van der Waals surface area (Å²) in [6.07, 6.45) is 0.854. The molecule has 11 heteroatoms. The molecule has 3 rings (SSSR count). The fourth-order valence-electron chi connectivity index (χ4n) is 3.27. The number of rotatable bonds is 9. The van der Waals surface area contributed by atoms with Gasteiger partial charge in [0, 0.05) is 20.0 Å². The minimum atomic E-state index is -1.33. The zero-order valence-electron chi connectivity index (χ0n) is 18.0. The van der Waals surface area contributed by atoms with Gasteiger partial charge >= 0.3 is 11.9 Å². The van der Waals surface area contributed by atoms with Crippen molar-refractivity contribution in [2.75, 3.05) is 11.9 Å². The maximum Gasteiger partial charge on any atom is 0.326 e. The van der Waals surface area contributed by atoms with Crippen LogP contribution in [-0.2, 0) is 16.1 Å². The fraction of sp³-hybridized carbons (Fsp3) is 0.273. The van der Waals surface area contributed by atoms with Gasteiger partial charge in [-0.3, -0.25) is 14.4 Å². The number of carboxylic acid groups (broad SMARTS) is 2. The van der Waals surface area contributed by atoms with Crippen LogP contribution in [0.3, 0.4) is 0 Å². The quantitative estimate of drug-likeness (QED) is 0.374. The zero-order valence-corrected chi connectivity index (χ0v) is 18.0. The Morgan fingerprint density at radius 3 is 2.58 bits per heavy atom. The smallest absolute Gasteiger partial charge is 0.326 e. The van der Waals surface area contributed by atoms with Gasteiger partial charge in [-0.1, -0.05) is 6.07 Å². The van der Waals surface area contributed by atoms with Gasteiger partial charge in [0.2, 0.25) is 0 Å². The summed E-state index contributed by atoms with van der Waals surface area (Å²) in [5.74, 6) is -2.63. The lowest BCUT2D eigenvalue weighted by molar-refractivity contribution is -0.140. The van der Waals surface area contributed by atoms with E-state index in [4.69, 9.17) is 5.11 Å². The van der Waals surface area contributed by atoms with Crippen LogP contribution >= 0.6 is 0 Å². The Labute approximate surface area is 188 Å². The molecule has 0 bridgehead atoms. The highest BCUT2D eigenvalue weighted by Gasteiger charge is 2.22. The molecule has 2 heterocycles. The number of nitrogens with zero attached hydrogens (tertiary/aromatic N) is 3. The first kappa shape index (κ1) is 23.4. The van der Waals surface area contributed by atoms with Gasteiger partial charge in [0.1, 0.15) is 17.6 Å². The summed E-state index contributed by atoms with van der Waals surface area (Å²) in [7, 11) is 1.82. The van der Waals surface area contributed by atoms with Crippen molar-refractivity contribution in [2.45, 2.75) is 32.4 Å². The first-order chi connectivity index (χ1) is 15.6. The second-order valence-electron chi connectivity index (χ2n) is 7.56. The molecule has 2 aromatic heterocycles. The minimum absolute atomic E-state index is 0.00686. The summed E-state index contributed by atoms with van der Waals surface area (Å²) >= 11 is 0. The molecular weight excluding hydrogens is 430 g/mol. The monoisotopic (exact) mass is 453 g/mol. The third-order valence-electron chi connectivity index (χ3n) is 4.98. The molecule has 0 saturated carbocycles. The lowest BCUT2D eigenvalue weighted by atomic mass is 10.1. The Kier molecular flexibility index (Phi) is 7.01. The standard InChI is InChI=1S/C22H23N5O6/c1-12-24-16-5-3-13(9-15(16)20(30)25-12)11-27(2)14-4-6-17(23-10-14)21(31)26-18(22(32)33)7-8-19(28)29/h3-6,9-10,18H,7-8,11H2,1-2H3,(H,26,31)(H,28,29)(H,32,33)(H,24,25,30)/t18-/m0/s1. The number of aromatic nitrogens is 3. The van der Waals surface area contributed by atoms with E-state index in [1.165, 1.54) is 12.3 Å². The molecule has 0 aliphatic rings. The maximum atomic E-state index is 12.3. The van der Waals surface area contributed by atoms with Gasteiger partial charge in [0.25, 0.3) is 11.5 Å². The molecule has 0 spiro atoms. The largest absolute Gasteiger partial charge is 0.481 e. The molecule has 0 saturated heterocycles. The number of anilines is 1. The molecule has 0 unspecified atom stereocenters. The van der Waals surface area contributed by atoms with Gasteiger partial charge < -0.3 is 25.4 Å². The summed E-state index contributed by atoms with van der Waals surface area (Å²) in [5, 5.41) is 20.7. The zero-order chi connectivity index (χ0) is 24.1. The molecule has 1 amide bonds. The highest BCUT2D eigenvalue weighted by Crippen LogP contribution is 2.17. The van der Waals surface area contributed by atoms with Gasteiger partial charge in [0.05, 0.1) is 22.8 Å². The number of carboxylic acids is 2. The number of pyridine rings is 1. The SMILES string of the molecule is Cc1nc2ccc(CN(C)c3ccc(C(=O)N[C@@H](CCC(=O)O)C(=O)O)nc3)cc2c(=O)[nH]1. The number of aromatic amines is 1. The van der Waals surface area contributed by atoms with E-state index < -0.39 is 23.9 Å². The molecule has 11 nitrogen and oxygen atoms in total. The number of aliphatic carboxylic acids is 2. The number of hydrogen-bond donors (Lipinski definition) is 4. The number of fused-ring (bicyclic) bond motifs is 1. The van der Waals surface area contributed by atoms with Gasteiger partial charge in [-0.2, -0.15) is 0 Å². The number of benzene rings is 1. The number of carbonyl (C=O) groups excluding carboxylic acids is 1. The first-order valence-corrected chi connectivity index (χ1v) is 10.1. The van der Waals surface area contributed by atoms with Crippen molar-refractivity contribution in [2.24, 2.45) is 0 Å². The Morgan fingerprint density at radius 1 is 1.18 bits per heavy atom. The topological polar surface area (TPSA) is 166 Å². The average Bonchev–Trinajstić information content (AvgIpc) is 2.76. The van der Waals surface area contributed by atoms with Gasteiger partial charge in [-0.05, 0) is 43.2 Å². The van der Waals surface area contributed by atoms with E-state index in [0.717, 1.165) is 5.56 Å². The maximum absolute atomic E-state index is 12.3. The average molecular weight is 453 g/mol. The Balaban J connectivity index is 1.68. The number of nitrogens with one attached hydrogen (secondary N) is 2. The minimum Gasteiger partial charge on any atom is -0.481 e. The predicted octanol–water partition coefficient (Wildman–Crippen LogP) is 1.31. The Bertz CT molecular complexity index is 1250. The van der Waals surface area contributed by atoms with Crippen molar-refractivity contribution < 1.29 is 24.6 Å². The molecule has 3 aromatic rings. The Morgan fingerprint density at radius 2 is 1.94 bits per heavy atom. The summed E-state index contributed by atoms with van der Waals surface area (Å²) in [5.41, 5.74) is 1.99. The fourth-order valence-corrected chi connectivity index (χ4v) is 3.27. The molecule has 172 valence electrons. The molecule has 0 aliphatic heterocycles. The summed E-state index contributed by atoms with van der Waals surface area (Å²) in [6, 6.07) is 7.23. The van der Waals surface area contributed by atoms with Crippen LogP contribution in [0.1, 0.15) is 34.7 Å². The van der Waals surface area contributed by atoms with Crippen molar-refractivity contribution >= 4 is 34.4 Å². The molecule has 0 radical (unpaired) electrons. The van der Waals surface area contributed by atoms with Crippen LogP contribution in [0.2, 0.25) is 0 Å². The van der Waals surface area contributed by atoms with Crippen molar-refractivity contribution in [1.29, 1.82) is 0 Å². The van der Waals surface area contributed by atoms with E-state index in [0.29, 0.717) is 29.0 Å². The number of hydrogen-bond acceptors (Lipinski definition) is 7. The molecule has 4 N–H and O–H groups in total. The van der Waals surface area contributed by atoms with Crippen molar-refractivity contribution in [3.05, 3.63) is 64.0 Å². The number of H-pyrrole nitrogens is 1. The van der Waals surface area contributed by atoms with Crippen molar-refractivity contribution in [3.8, 4) is 0 Å². The number of carbonyl (C=O) groups is 3. The van der Waals surface area contributed by atoms with E-state index >= 15 is 0 Å². The second-order valence-corrected chi connectivity index (χ2v) is 7.56. The van der Waals surface area contributed by atoms with E-state index in [1.54, 1.807) is 25.1 Å². The van der Waals surface area contributed by atoms with E-state index in [9.17, 15) is 24.3 Å². The normalized spacial score (nSPS) is 11.7. The van der Waals surface area contributed by atoms with Crippen LogP contribution < -0.4 is 15.8 Å². The molecule has 1 atom stereocenters. The van der Waals surface area contributed by atoms with Crippen LogP contribution in [0.5, 0.6) is 0 Å². The highest BCUT2D eigenvalue weighted by molar-refractivity contribution is 5.95. The van der Waals surface area contributed by atoms with Crippen LogP contribution in [0.4, 0.5) is 5.69 Å². The molecule has 1 aromatic carbocycles. The third-order valence-corrected chi connectivity index (χ3v) is 4.98. The third kappa shape index (κ3) is 5.91. The highest BCUT2D eigenvalue weighted by atomic mass is 16.4. The molecule has 33 heavy (non-hydrogen) atoms. The summed E-state index contributed by atoms with van der Waals surface area (Å²) in [4.78, 5) is 59.4. The first-order valence-electron chi connectivity index (χ1n) is 10.1. The number of amides is 1. The van der Waals surface area contributed by atoms with Gasteiger partial charge in [-0.15, -0.1) is 0 Å². The van der Waals surface area contributed by atoms with E-state index in [1.807, 2.05) is 18.0 Å². The van der Waals surface area contributed by atoms with E-state index in [-0.39, 0.29) is 24.1 Å². The number of aryl methyl sites for hydroxylation is 1. The molecule has 0 aliphatic carbocycles. The molecule has 0 fully saturated rings. The van der Waals surface area contributed by atoms with Crippen molar-refractivity contribution in [1.82, 2.24) is 20.3 Å². The van der Waals surface area contributed by atoms with Crippen LogP contribution in [0, 0.1) is 6.92 Å². The summed E-state index contributed by atoms with van der Waals surface area (Å²) in [6.45, 7) is 2.18. The van der Waals surface area contributed by atoms with Crippen LogP contribution in [0.15, 0.2) is 41.3 Å². The summed E-state index contributed by atoms with van der Waals surface area (Å²) < 4.78 is 0. The lowest BCUT2D eigenvalue weighted by Gasteiger charge is -2.19. The van der Waals surface area contributed by atoms with Gasteiger partial charge in [0.15, 0.2) is 0 Å². The lowest BCUT2D eigenvalue weighted by Crippen LogP contribution is -2.41. The van der Waals surface area contributed by atoms with E-state index in [2.05, 4.69) is 20.3 Å². The van der Waals surface area contributed by atoms with Crippen LogP contribution in [0.25, 0.3) is 10.9 Å². The second kappa shape index (κ2) is 9.90.